The number of hydrogen-bond acceptors (Lipinski definition) is 3. The zero-order valence-corrected chi connectivity index (χ0v) is 11.9. The maximum atomic E-state index is 12.0. The quantitative estimate of drug-likeness (QED) is 0.841. The van der Waals surface area contributed by atoms with Crippen LogP contribution in [-0.2, 0) is 9.47 Å². The number of rotatable bonds is 2. The molecule has 0 radical (unpaired) electrons. The molecule has 0 bridgehead atoms. The average molecular weight is 314 g/mol. The number of hydrogen-bond donors (Lipinski definition) is 0. The van der Waals surface area contributed by atoms with Gasteiger partial charge in [0.15, 0.2) is 0 Å². The Morgan fingerprint density at radius 3 is 2.67 bits per heavy atom. The summed E-state index contributed by atoms with van der Waals surface area (Å²) in [5, 5.41) is 0. The fraction of sp³-hybridized carbons (Fsp3) is 0.462. The van der Waals surface area contributed by atoms with Gasteiger partial charge >= 0.3 is 6.09 Å². The number of nitrogens with zero attached hydrogens (tertiary/aromatic N) is 1. The van der Waals surface area contributed by atoms with E-state index in [0.29, 0.717) is 13.2 Å². The molecule has 0 aliphatic carbocycles. The Hall–Kier alpha value is -1.07. The molecule has 2 rings (SSSR count). The van der Waals surface area contributed by atoms with E-state index in [1.807, 2.05) is 24.3 Å². The third-order valence-corrected chi connectivity index (χ3v) is 3.71. The van der Waals surface area contributed by atoms with E-state index >= 15 is 0 Å². The second-order valence-corrected chi connectivity index (χ2v) is 4.99. The van der Waals surface area contributed by atoms with Crippen LogP contribution in [0.25, 0.3) is 0 Å². The summed E-state index contributed by atoms with van der Waals surface area (Å²) in [4.78, 5) is 13.7. The second-order valence-electron chi connectivity index (χ2n) is 4.13. The molecule has 1 heterocycles. The van der Waals surface area contributed by atoms with Crippen molar-refractivity contribution < 1.29 is 14.3 Å². The molecule has 0 N–H and O–H groups in total. The zero-order valence-electron chi connectivity index (χ0n) is 10.3. The van der Waals surface area contributed by atoms with E-state index in [9.17, 15) is 4.79 Å². The Kier molecular flexibility index (Phi) is 4.60. The van der Waals surface area contributed by atoms with E-state index in [1.54, 1.807) is 4.90 Å². The van der Waals surface area contributed by atoms with Crippen molar-refractivity contribution in [2.75, 3.05) is 25.2 Å². The number of carbonyl (C=O) groups excluding carboxylic acids is 1. The van der Waals surface area contributed by atoms with Gasteiger partial charge in [0.25, 0.3) is 0 Å². The Balaban J connectivity index is 2.30. The molecule has 1 aromatic rings. The van der Waals surface area contributed by atoms with E-state index in [0.717, 1.165) is 23.0 Å². The normalized spacial score (nSPS) is 16.3. The summed E-state index contributed by atoms with van der Waals surface area (Å²) in [6, 6.07) is 7.80. The Bertz CT molecular complexity index is 418. The van der Waals surface area contributed by atoms with E-state index in [4.69, 9.17) is 9.47 Å². The van der Waals surface area contributed by atoms with Gasteiger partial charge in [-0.2, -0.15) is 0 Å². The molecule has 5 heteroatoms. The first-order valence-corrected chi connectivity index (χ1v) is 6.73. The minimum absolute atomic E-state index is 0.130. The van der Waals surface area contributed by atoms with Crippen molar-refractivity contribution in [2.24, 2.45) is 0 Å². The summed E-state index contributed by atoms with van der Waals surface area (Å²) in [5.74, 6) is 0. The minimum Gasteiger partial charge on any atom is -0.452 e. The highest BCUT2D eigenvalue weighted by Gasteiger charge is 2.28. The molecule has 1 fully saturated rings. The van der Waals surface area contributed by atoms with Crippen molar-refractivity contribution in [1.82, 2.24) is 0 Å². The predicted molar refractivity (Wildman–Crippen MR) is 72.9 cm³/mol. The lowest BCUT2D eigenvalue weighted by Crippen LogP contribution is -2.43. The predicted octanol–water partition coefficient (Wildman–Crippen LogP) is 3.20. The molecular weight excluding hydrogens is 298 g/mol. The van der Waals surface area contributed by atoms with Crippen molar-refractivity contribution in [3.8, 4) is 0 Å². The van der Waals surface area contributed by atoms with Crippen molar-refractivity contribution in [1.29, 1.82) is 0 Å². The monoisotopic (exact) mass is 313 g/mol. The standard InChI is InChI=1S/C13H16BrNO3/c1-17-13(16)15(10-6-8-18-9-7-10)12-5-3-2-4-11(12)14/h2-5,10H,6-9H2,1H3. The maximum absolute atomic E-state index is 12.0. The summed E-state index contributed by atoms with van der Waals surface area (Å²) in [5.41, 5.74) is 0.844. The second kappa shape index (κ2) is 6.20. The fourth-order valence-electron chi connectivity index (χ4n) is 2.13. The summed E-state index contributed by atoms with van der Waals surface area (Å²) >= 11 is 3.48. The van der Waals surface area contributed by atoms with Crippen LogP contribution in [0.3, 0.4) is 0 Å². The SMILES string of the molecule is COC(=O)N(c1ccccc1Br)C1CCOCC1. The maximum Gasteiger partial charge on any atom is 0.414 e. The van der Waals surface area contributed by atoms with Gasteiger partial charge < -0.3 is 9.47 Å². The lowest BCUT2D eigenvalue weighted by atomic mass is 10.1. The van der Waals surface area contributed by atoms with Crippen molar-refractivity contribution in [3.05, 3.63) is 28.7 Å². The van der Waals surface area contributed by atoms with Gasteiger partial charge in [-0.15, -0.1) is 0 Å². The topological polar surface area (TPSA) is 38.8 Å². The molecule has 98 valence electrons. The van der Waals surface area contributed by atoms with Crippen molar-refractivity contribution in [3.63, 3.8) is 0 Å². The van der Waals surface area contributed by atoms with Crippen LogP contribution >= 0.6 is 15.9 Å². The molecular formula is C13H16BrNO3. The molecule has 18 heavy (non-hydrogen) atoms. The van der Waals surface area contributed by atoms with Crippen LogP contribution in [0.2, 0.25) is 0 Å². The molecule has 4 nitrogen and oxygen atoms in total. The molecule has 1 saturated heterocycles. The average Bonchev–Trinajstić information content (AvgIpc) is 2.42. The van der Waals surface area contributed by atoms with E-state index < -0.39 is 0 Å². The zero-order chi connectivity index (χ0) is 13.0. The van der Waals surface area contributed by atoms with Gasteiger partial charge in [0.1, 0.15) is 0 Å². The van der Waals surface area contributed by atoms with Crippen LogP contribution in [0.4, 0.5) is 10.5 Å². The minimum atomic E-state index is -0.325. The number of para-hydroxylation sites is 1. The summed E-state index contributed by atoms with van der Waals surface area (Å²) in [6.45, 7) is 1.37. The molecule has 1 aliphatic rings. The smallest absolute Gasteiger partial charge is 0.414 e. The molecule has 0 saturated carbocycles. The molecule has 0 aromatic heterocycles. The molecule has 1 amide bonds. The van der Waals surface area contributed by atoms with Crippen LogP contribution in [0.5, 0.6) is 0 Å². The van der Waals surface area contributed by atoms with E-state index in [1.165, 1.54) is 7.11 Å². The highest BCUT2D eigenvalue weighted by atomic mass is 79.9. The fourth-order valence-corrected chi connectivity index (χ4v) is 2.61. The van der Waals surface area contributed by atoms with Crippen LogP contribution in [0.15, 0.2) is 28.7 Å². The summed E-state index contributed by atoms with van der Waals surface area (Å²) < 4.78 is 11.1. The van der Waals surface area contributed by atoms with Crippen molar-refractivity contribution in [2.45, 2.75) is 18.9 Å². The first-order chi connectivity index (χ1) is 8.74. The van der Waals surface area contributed by atoms with E-state index in [2.05, 4.69) is 15.9 Å². The lowest BCUT2D eigenvalue weighted by Gasteiger charge is -2.33. The summed E-state index contributed by atoms with van der Waals surface area (Å²) in [7, 11) is 1.41. The third-order valence-electron chi connectivity index (χ3n) is 3.04. The van der Waals surface area contributed by atoms with Gasteiger partial charge in [-0.25, -0.2) is 4.79 Å². The number of halogens is 1. The van der Waals surface area contributed by atoms with Crippen LogP contribution in [-0.4, -0.2) is 32.5 Å². The van der Waals surface area contributed by atoms with Gasteiger partial charge in [0.2, 0.25) is 0 Å². The van der Waals surface area contributed by atoms with Crippen LogP contribution in [0.1, 0.15) is 12.8 Å². The van der Waals surface area contributed by atoms with Gasteiger partial charge in [0.05, 0.1) is 12.8 Å². The number of anilines is 1. The molecule has 0 unspecified atom stereocenters. The number of ether oxygens (including phenoxy) is 2. The number of amides is 1. The number of methoxy groups -OCH3 is 1. The lowest BCUT2D eigenvalue weighted by molar-refractivity contribution is 0.0827. The third kappa shape index (κ3) is 2.84. The first kappa shape index (κ1) is 13.4. The first-order valence-electron chi connectivity index (χ1n) is 5.93. The molecule has 1 aliphatic heterocycles. The van der Waals surface area contributed by atoms with Crippen LogP contribution < -0.4 is 4.90 Å². The Labute approximate surface area is 115 Å². The highest BCUT2D eigenvalue weighted by molar-refractivity contribution is 9.10. The van der Waals surface area contributed by atoms with Gasteiger partial charge in [-0.3, -0.25) is 4.90 Å². The van der Waals surface area contributed by atoms with E-state index in [-0.39, 0.29) is 12.1 Å². The highest BCUT2D eigenvalue weighted by Crippen LogP contribution is 2.30. The van der Waals surface area contributed by atoms with Crippen molar-refractivity contribution >= 4 is 27.7 Å². The largest absolute Gasteiger partial charge is 0.452 e. The number of benzene rings is 1. The Morgan fingerprint density at radius 1 is 1.39 bits per heavy atom. The van der Waals surface area contributed by atoms with Crippen LogP contribution in [0, 0.1) is 0 Å². The van der Waals surface area contributed by atoms with Gasteiger partial charge in [-0.05, 0) is 40.9 Å². The van der Waals surface area contributed by atoms with Gasteiger partial charge in [-0.1, -0.05) is 12.1 Å². The molecule has 0 spiro atoms. The summed E-state index contributed by atoms with van der Waals surface area (Å²) in [6.07, 6.45) is 1.33. The van der Waals surface area contributed by atoms with Gasteiger partial charge in [0, 0.05) is 23.7 Å². The molecule has 0 atom stereocenters. The molecule has 1 aromatic carbocycles. The Morgan fingerprint density at radius 2 is 2.06 bits per heavy atom. The number of carbonyl (C=O) groups is 1.